The SMILES string of the molecule is C=Cc1ccc(C(NC(=O)[C@@H](NC(=O)OC(C)(C)C)C(C)(C)C)C(=O)Nc2ccc(C(=O)NS(=O)(=O)c3ccc(C(F)(F)F)cc3)cc2)cc1Oc1cc(OC)nc(-c2ccccc2)n1. The van der Waals surface area contributed by atoms with Crippen molar-refractivity contribution in [3.05, 3.63) is 132 Å². The van der Waals surface area contributed by atoms with Gasteiger partial charge in [-0.25, -0.2) is 17.9 Å². The van der Waals surface area contributed by atoms with Gasteiger partial charge >= 0.3 is 12.3 Å². The first-order chi connectivity index (χ1) is 30.4. The van der Waals surface area contributed by atoms with E-state index in [0.717, 1.165) is 12.1 Å². The molecule has 4 amide bonds. The largest absolute Gasteiger partial charge is 0.481 e. The third-order valence-electron chi connectivity index (χ3n) is 9.20. The van der Waals surface area contributed by atoms with E-state index in [2.05, 4.69) is 32.5 Å². The van der Waals surface area contributed by atoms with E-state index in [1.54, 1.807) is 53.7 Å². The Hall–Kier alpha value is -7.28. The predicted octanol–water partition coefficient (Wildman–Crippen LogP) is 8.46. The van der Waals surface area contributed by atoms with E-state index in [1.807, 2.05) is 35.1 Å². The molecule has 4 aromatic carbocycles. The van der Waals surface area contributed by atoms with Gasteiger partial charge in [0.1, 0.15) is 23.4 Å². The number of methoxy groups -OCH3 is 1. The summed E-state index contributed by atoms with van der Waals surface area (Å²) in [6, 6.07) is 20.1. The van der Waals surface area contributed by atoms with Crippen LogP contribution in [0.3, 0.4) is 0 Å². The summed E-state index contributed by atoms with van der Waals surface area (Å²) in [4.78, 5) is 62.8. The molecule has 15 nitrogen and oxygen atoms in total. The van der Waals surface area contributed by atoms with E-state index in [0.29, 0.717) is 29.1 Å². The molecule has 19 heteroatoms. The molecule has 5 aromatic rings. The maximum atomic E-state index is 14.3. The topological polar surface area (TPSA) is 204 Å². The summed E-state index contributed by atoms with van der Waals surface area (Å²) < 4.78 is 83.6. The van der Waals surface area contributed by atoms with Gasteiger partial charge in [0.15, 0.2) is 5.82 Å². The average molecular weight is 917 g/mol. The maximum absolute atomic E-state index is 14.3. The van der Waals surface area contributed by atoms with Gasteiger partial charge in [0.05, 0.1) is 23.6 Å². The molecule has 4 N–H and O–H groups in total. The quantitative estimate of drug-likeness (QED) is 0.0832. The Kier molecular flexibility index (Phi) is 14.7. The van der Waals surface area contributed by atoms with Gasteiger partial charge < -0.3 is 30.2 Å². The van der Waals surface area contributed by atoms with Crippen LogP contribution in [0.5, 0.6) is 17.5 Å². The van der Waals surface area contributed by atoms with Gasteiger partial charge in [-0.15, -0.1) is 0 Å². The van der Waals surface area contributed by atoms with Crippen molar-refractivity contribution in [3.63, 3.8) is 0 Å². The summed E-state index contributed by atoms with van der Waals surface area (Å²) in [5.74, 6) is -1.91. The lowest BCUT2D eigenvalue weighted by Crippen LogP contribution is -2.55. The van der Waals surface area contributed by atoms with Gasteiger partial charge in [0, 0.05) is 22.4 Å². The number of nitrogens with one attached hydrogen (secondary N) is 4. The second-order valence-electron chi connectivity index (χ2n) is 16.5. The Morgan fingerprint density at radius 2 is 1.40 bits per heavy atom. The number of nitrogens with zero attached hydrogens (tertiary/aromatic N) is 2. The number of sulfonamides is 1. The zero-order valence-electron chi connectivity index (χ0n) is 36.4. The molecule has 1 heterocycles. The minimum absolute atomic E-state index is 0.0756. The number of halogens is 3. The van der Waals surface area contributed by atoms with E-state index >= 15 is 0 Å². The van der Waals surface area contributed by atoms with Crippen molar-refractivity contribution in [2.45, 2.75) is 70.3 Å². The molecular weight excluding hydrogens is 870 g/mol. The summed E-state index contributed by atoms with van der Waals surface area (Å²) >= 11 is 0. The van der Waals surface area contributed by atoms with Crippen LogP contribution in [0.4, 0.5) is 23.7 Å². The monoisotopic (exact) mass is 916 g/mol. The van der Waals surface area contributed by atoms with Gasteiger partial charge in [0.2, 0.25) is 17.7 Å². The van der Waals surface area contributed by atoms with Crippen molar-refractivity contribution >= 4 is 45.6 Å². The number of hydrogen-bond donors (Lipinski definition) is 4. The van der Waals surface area contributed by atoms with Crippen LogP contribution in [0.1, 0.15) is 74.6 Å². The molecule has 0 bridgehead atoms. The molecule has 5 rings (SSSR count). The van der Waals surface area contributed by atoms with Crippen molar-refractivity contribution in [3.8, 4) is 28.9 Å². The molecule has 2 atom stereocenters. The van der Waals surface area contributed by atoms with Gasteiger partial charge in [-0.2, -0.15) is 23.1 Å². The van der Waals surface area contributed by atoms with Crippen LogP contribution in [0.15, 0.2) is 115 Å². The number of carbonyl (C=O) groups is 4. The smallest absolute Gasteiger partial charge is 0.416 e. The Morgan fingerprint density at radius 1 is 0.769 bits per heavy atom. The average Bonchev–Trinajstić information content (AvgIpc) is 3.23. The van der Waals surface area contributed by atoms with Crippen molar-refractivity contribution in [2.24, 2.45) is 5.41 Å². The number of ether oxygens (including phenoxy) is 3. The molecule has 1 aromatic heterocycles. The number of anilines is 1. The highest BCUT2D eigenvalue weighted by atomic mass is 32.2. The predicted molar refractivity (Wildman–Crippen MR) is 235 cm³/mol. The van der Waals surface area contributed by atoms with Gasteiger partial charge in [0.25, 0.3) is 21.8 Å². The van der Waals surface area contributed by atoms with E-state index < -0.39 is 73.6 Å². The number of amides is 4. The normalized spacial score (nSPS) is 12.8. The number of benzene rings is 4. The second-order valence-corrected chi connectivity index (χ2v) is 18.1. The van der Waals surface area contributed by atoms with Gasteiger partial charge in [-0.1, -0.05) is 75.9 Å². The lowest BCUT2D eigenvalue weighted by molar-refractivity contribution is -0.137. The standard InChI is InChI=1S/C46H47F3N6O9S/c1-9-27-15-16-30(25-34(27)63-36-26-35(62-8)51-39(52-36)28-13-11-10-12-14-28)37(53-42(58)38(44(2,3)4)54-43(59)64-45(5,6)7)41(57)50-32-21-17-29(18-22-32)40(56)55-65(60,61)33-23-19-31(20-24-33)46(47,48)49/h9-26,37-38H,1H2,2-8H3,(H,50,57)(H,53,58)(H,54,59)(H,55,56)/t37?,38-/m1/s1. The summed E-state index contributed by atoms with van der Waals surface area (Å²) in [6.45, 7) is 14.0. The fourth-order valence-electron chi connectivity index (χ4n) is 5.99. The minimum Gasteiger partial charge on any atom is -0.481 e. The molecule has 0 fully saturated rings. The van der Waals surface area contributed by atoms with Crippen LogP contribution in [0, 0.1) is 5.41 Å². The fourth-order valence-corrected chi connectivity index (χ4v) is 6.96. The van der Waals surface area contributed by atoms with Crippen molar-refractivity contribution in [1.82, 2.24) is 25.3 Å². The van der Waals surface area contributed by atoms with Crippen molar-refractivity contribution in [1.29, 1.82) is 0 Å². The summed E-state index contributed by atoms with van der Waals surface area (Å²) in [6.07, 6.45) is -4.06. The third kappa shape index (κ3) is 13.1. The molecular formula is C46H47F3N6O9S. The zero-order valence-corrected chi connectivity index (χ0v) is 37.2. The first-order valence-electron chi connectivity index (χ1n) is 19.7. The lowest BCUT2D eigenvalue weighted by atomic mass is 9.86. The van der Waals surface area contributed by atoms with E-state index in [1.165, 1.54) is 49.6 Å². The maximum Gasteiger partial charge on any atom is 0.416 e. The molecule has 0 radical (unpaired) electrons. The van der Waals surface area contributed by atoms with Crippen LogP contribution in [0.2, 0.25) is 0 Å². The van der Waals surface area contributed by atoms with Gasteiger partial charge in [-0.3, -0.25) is 14.4 Å². The van der Waals surface area contributed by atoms with Crippen LogP contribution in [-0.2, 0) is 30.5 Å². The summed E-state index contributed by atoms with van der Waals surface area (Å²) in [5.41, 5.74) is -1.57. The molecule has 0 saturated carbocycles. The number of alkyl halides is 3. The number of alkyl carbamates (subject to hydrolysis) is 1. The molecule has 0 aliphatic carbocycles. The zero-order chi connectivity index (χ0) is 47.9. The lowest BCUT2D eigenvalue weighted by Gasteiger charge is -2.32. The number of aromatic nitrogens is 2. The second kappa shape index (κ2) is 19.6. The van der Waals surface area contributed by atoms with E-state index in [4.69, 9.17) is 14.2 Å². The number of carbonyl (C=O) groups excluding carboxylic acids is 4. The highest BCUT2D eigenvalue weighted by Gasteiger charge is 2.37. The molecule has 0 aliphatic heterocycles. The Bertz CT molecular complexity index is 2670. The fraction of sp³-hybridized carbons (Fsp3) is 0.261. The molecule has 0 spiro atoms. The number of rotatable bonds is 14. The Balaban J connectivity index is 1.46. The summed E-state index contributed by atoms with van der Waals surface area (Å²) in [5, 5.41) is 8.04. The summed E-state index contributed by atoms with van der Waals surface area (Å²) in [7, 11) is -3.14. The van der Waals surface area contributed by atoms with Crippen LogP contribution in [0.25, 0.3) is 17.5 Å². The Labute approximate surface area is 373 Å². The third-order valence-corrected chi connectivity index (χ3v) is 10.5. The van der Waals surface area contributed by atoms with Gasteiger partial charge in [-0.05, 0) is 86.3 Å². The highest BCUT2D eigenvalue weighted by Crippen LogP contribution is 2.33. The molecule has 65 heavy (non-hydrogen) atoms. The first kappa shape index (κ1) is 48.7. The molecule has 0 aliphatic rings. The molecule has 0 saturated heterocycles. The van der Waals surface area contributed by atoms with Crippen LogP contribution < -0.4 is 30.1 Å². The number of hydrogen-bond acceptors (Lipinski definition) is 11. The molecule has 1 unspecified atom stereocenters. The van der Waals surface area contributed by atoms with Crippen molar-refractivity contribution in [2.75, 3.05) is 12.4 Å². The highest BCUT2D eigenvalue weighted by molar-refractivity contribution is 7.90. The molecule has 342 valence electrons. The van der Waals surface area contributed by atoms with E-state index in [9.17, 15) is 40.8 Å². The van der Waals surface area contributed by atoms with Crippen LogP contribution in [-0.4, -0.2) is 61.0 Å². The Morgan fingerprint density at radius 3 is 1.97 bits per heavy atom. The minimum atomic E-state index is -4.70. The van der Waals surface area contributed by atoms with Crippen molar-refractivity contribution < 1.29 is 55.0 Å². The van der Waals surface area contributed by atoms with E-state index in [-0.39, 0.29) is 34.3 Å². The van der Waals surface area contributed by atoms with Crippen LogP contribution >= 0.6 is 0 Å². The first-order valence-corrected chi connectivity index (χ1v) is 21.2.